The minimum atomic E-state index is -3.70. The Labute approximate surface area is 201 Å². The minimum Gasteiger partial charge on any atom is -0.424 e. The third-order valence-electron chi connectivity index (χ3n) is 5.31. The summed E-state index contributed by atoms with van der Waals surface area (Å²) >= 11 is 1.24. The van der Waals surface area contributed by atoms with Crippen molar-refractivity contribution in [2.24, 2.45) is 0 Å². The fourth-order valence-corrected chi connectivity index (χ4v) is 6.22. The first-order chi connectivity index (χ1) is 16.6. The summed E-state index contributed by atoms with van der Waals surface area (Å²) in [7, 11) is -3.70. The Morgan fingerprint density at radius 1 is 1.09 bits per heavy atom. The van der Waals surface area contributed by atoms with Crippen molar-refractivity contribution in [3.05, 3.63) is 59.3 Å². The van der Waals surface area contributed by atoms with E-state index >= 15 is 0 Å². The van der Waals surface area contributed by atoms with E-state index in [0.29, 0.717) is 10.5 Å². The molecule has 5 rings (SSSR count). The molecule has 1 unspecified atom stereocenters. The van der Waals surface area contributed by atoms with Crippen molar-refractivity contribution in [3.63, 3.8) is 0 Å². The van der Waals surface area contributed by atoms with Gasteiger partial charge in [-0.05, 0) is 36.8 Å². The monoisotopic (exact) mass is 516 g/mol. The Balaban J connectivity index is 1.28. The average Bonchev–Trinajstić information content (AvgIpc) is 3.44. The number of hydrogen-bond donors (Lipinski definition) is 2. The maximum atomic E-state index is 13.1. The zero-order valence-electron chi connectivity index (χ0n) is 18.1. The van der Waals surface area contributed by atoms with Gasteiger partial charge in [0.1, 0.15) is 22.1 Å². The molecule has 1 aromatic carbocycles. The number of amides is 3. The third kappa shape index (κ3) is 4.88. The Hall–Kier alpha value is -3.78. The van der Waals surface area contributed by atoms with Crippen molar-refractivity contribution in [1.82, 2.24) is 30.8 Å². The van der Waals surface area contributed by atoms with Crippen LogP contribution in [0.25, 0.3) is 21.3 Å². The number of carbonyl (C=O) groups is 2. The standard InChI is InChI=1S/C21H17FN6O5S2/c1-21(19(29)25-20(30)26-21)7-16-27-28-17(33-16)9-35(31,32)10-18-24-13-4-2-11(6-14(13)34-18)12-3-5-15(22)23-8-12/h2-6,8H,7,9-10H2,1H3,(H2,25,26,29,30). The maximum Gasteiger partial charge on any atom is 0.322 e. The molecule has 1 atom stereocenters. The van der Waals surface area contributed by atoms with Crippen molar-refractivity contribution in [2.45, 2.75) is 30.4 Å². The van der Waals surface area contributed by atoms with E-state index in [2.05, 4.69) is 30.8 Å². The van der Waals surface area contributed by atoms with Crippen LogP contribution in [-0.4, -0.2) is 46.1 Å². The number of fused-ring (bicyclic) bond motifs is 1. The molecular weight excluding hydrogens is 499 g/mol. The van der Waals surface area contributed by atoms with Crippen LogP contribution in [0.5, 0.6) is 0 Å². The molecule has 4 heterocycles. The van der Waals surface area contributed by atoms with Crippen LogP contribution in [0.4, 0.5) is 9.18 Å². The Morgan fingerprint density at radius 3 is 2.57 bits per heavy atom. The van der Waals surface area contributed by atoms with Gasteiger partial charge < -0.3 is 9.73 Å². The van der Waals surface area contributed by atoms with Crippen molar-refractivity contribution in [2.75, 3.05) is 0 Å². The zero-order valence-corrected chi connectivity index (χ0v) is 19.7. The molecule has 1 fully saturated rings. The van der Waals surface area contributed by atoms with Crippen LogP contribution in [0.3, 0.4) is 0 Å². The van der Waals surface area contributed by atoms with Gasteiger partial charge in [-0.3, -0.25) is 10.1 Å². The molecule has 0 aliphatic carbocycles. The fourth-order valence-electron chi connectivity index (χ4n) is 3.61. The normalized spacial score (nSPS) is 18.1. The van der Waals surface area contributed by atoms with Gasteiger partial charge in [-0.15, -0.1) is 21.5 Å². The van der Waals surface area contributed by atoms with Crippen LogP contribution in [-0.2, 0) is 32.6 Å². The first kappa shape index (κ1) is 23.0. The number of hydrogen-bond acceptors (Lipinski definition) is 10. The molecule has 4 aromatic rings. The number of carbonyl (C=O) groups excluding carboxylic acids is 2. The zero-order chi connectivity index (χ0) is 24.8. The summed E-state index contributed by atoms with van der Waals surface area (Å²) < 4.78 is 44.8. The third-order valence-corrected chi connectivity index (χ3v) is 7.91. The van der Waals surface area contributed by atoms with Gasteiger partial charge >= 0.3 is 6.03 Å². The van der Waals surface area contributed by atoms with E-state index in [9.17, 15) is 22.4 Å². The first-order valence-corrected chi connectivity index (χ1v) is 12.9. The van der Waals surface area contributed by atoms with Gasteiger partial charge in [0.05, 0.1) is 16.6 Å². The summed E-state index contributed by atoms with van der Waals surface area (Å²) in [5, 5.41) is 12.6. The summed E-state index contributed by atoms with van der Waals surface area (Å²) in [5.74, 6) is -2.04. The highest BCUT2D eigenvalue weighted by molar-refractivity contribution is 7.89. The van der Waals surface area contributed by atoms with E-state index in [-0.39, 0.29) is 24.0 Å². The molecule has 1 aliphatic rings. The topological polar surface area (TPSA) is 157 Å². The second-order valence-corrected chi connectivity index (χ2v) is 11.4. The number of thiazole rings is 1. The van der Waals surface area contributed by atoms with Crippen LogP contribution < -0.4 is 10.6 Å². The molecule has 0 bridgehead atoms. The molecule has 0 saturated carbocycles. The van der Waals surface area contributed by atoms with E-state index < -0.39 is 39.0 Å². The highest BCUT2D eigenvalue weighted by atomic mass is 32.2. The minimum absolute atomic E-state index is 0.0258. The number of benzene rings is 1. The molecule has 14 heteroatoms. The second kappa shape index (κ2) is 8.46. The molecule has 3 amide bonds. The summed E-state index contributed by atoms with van der Waals surface area (Å²) in [6.45, 7) is 1.50. The van der Waals surface area contributed by atoms with Gasteiger partial charge in [0.15, 0.2) is 9.84 Å². The molecule has 11 nitrogen and oxygen atoms in total. The molecule has 2 N–H and O–H groups in total. The highest BCUT2D eigenvalue weighted by Crippen LogP contribution is 2.29. The van der Waals surface area contributed by atoms with Gasteiger partial charge in [0, 0.05) is 11.8 Å². The number of rotatable bonds is 7. The lowest BCUT2D eigenvalue weighted by molar-refractivity contribution is -0.123. The second-order valence-electron chi connectivity index (χ2n) is 8.20. The van der Waals surface area contributed by atoms with Gasteiger partial charge in [0.25, 0.3) is 5.91 Å². The number of nitrogens with one attached hydrogen (secondary N) is 2. The van der Waals surface area contributed by atoms with Crippen LogP contribution in [0.15, 0.2) is 40.9 Å². The number of halogens is 1. The van der Waals surface area contributed by atoms with Gasteiger partial charge in [0.2, 0.25) is 17.7 Å². The molecular formula is C21H17FN6O5S2. The summed E-state index contributed by atoms with van der Waals surface area (Å²) in [6, 6.07) is 7.68. The van der Waals surface area contributed by atoms with Gasteiger partial charge in [-0.1, -0.05) is 6.07 Å². The number of aromatic nitrogens is 4. The Morgan fingerprint density at radius 2 is 1.86 bits per heavy atom. The predicted octanol–water partition coefficient (Wildman–Crippen LogP) is 2.14. The quantitative estimate of drug-likeness (QED) is 0.277. The van der Waals surface area contributed by atoms with Gasteiger partial charge in [-0.2, -0.15) is 4.39 Å². The van der Waals surface area contributed by atoms with Crippen LogP contribution in [0, 0.1) is 5.95 Å². The van der Waals surface area contributed by atoms with Crippen molar-refractivity contribution in [3.8, 4) is 11.1 Å². The highest BCUT2D eigenvalue weighted by Gasteiger charge is 2.43. The summed E-state index contributed by atoms with van der Waals surface area (Å²) in [4.78, 5) is 31.4. The van der Waals surface area contributed by atoms with E-state index in [0.717, 1.165) is 15.8 Å². The van der Waals surface area contributed by atoms with E-state index in [1.54, 1.807) is 12.1 Å². The van der Waals surface area contributed by atoms with Crippen molar-refractivity contribution in [1.29, 1.82) is 0 Å². The lowest BCUT2D eigenvalue weighted by Crippen LogP contribution is -2.45. The van der Waals surface area contributed by atoms with Crippen molar-refractivity contribution >= 4 is 43.3 Å². The van der Waals surface area contributed by atoms with Gasteiger partial charge in [-0.25, -0.2) is 23.2 Å². The van der Waals surface area contributed by atoms with Crippen LogP contribution in [0.2, 0.25) is 0 Å². The van der Waals surface area contributed by atoms with E-state index in [1.165, 1.54) is 30.5 Å². The number of sulfone groups is 1. The lowest BCUT2D eigenvalue weighted by atomic mass is 9.98. The number of urea groups is 1. The van der Waals surface area contributed by atoms with Crippen molar-refractivity contribution < 1.29 is 26.8 Å². The van der Waals surface area contributed by atoms with Crippen LogP contribution in [0.1, 0.15) is 23.7 Å². The first-order valence-electron chi connectivity index (χ1n) is 10.3. The van der Waals surface area contributed by atoms with E-state index in [1.807, 2.05) is 12.1 Å². The van der Waals surface area contributed by atoms with E-state index in [4.69, 9.17) is 4.42 Å². The maximum absolute atomic E-state index is 13.1. The molecule has 0 radical (unpaired) electrons. The molecule has 1 saturated heterocycles. The number of pyridine rings is 1. The fraction of sp³-hybridized carbons (Fsp3) is 0.238. The molecule has 0 spiro atoms. The molecule has 35 heavy (non-hydrogen) atoms. The molecule has 1 aliphatic heterocycles. The average molecular weight is 517 g/mol. The SMILES string of the molecule is CC1(Cc2nnc(CS(=O)(=O)Cc3nc4ccc(-c5ccc(F)nc5)cc4s3)o2)NC(=O)NC1=O. The van der Waals surface area contributed by atoms with Crippen LogP contribution >= 0.6 is 11.3 Å². The summed E-state index contributed by atoms with van der Waals surface area (Å²) in [6.07, 6.45) is 1.34. The molecule has 3 aromatic heterocycles. The molecule has 180 valence electrons. The number of nitrogens with zero attached hydrogens (tertiary/aromatic N) is 4. The smallest absolute Gasteiger partial charge is 0.322 e. The summed E-state index contributed by atoms with van der Waals surface area (Å²) in [5.41, 5.74) is 0.918. The Bertz CT molecular complexity index is 1570. The largest absolute Gasteiger partial charge is 0.424 e. The Kier molecular flexibility index (Phi) is 5.56. The predicted molar refractivity (Wildman–Crippen MR) is 122 cm³/mol. The lowest BCUT2D eigenvalue weighted by Gasteiger charge is -2.17. The number of imide groups is 1.